The van der Waals surface area contributed by atoms with E-state index in [1.54, 1.807) is 4.52 Å². The molecule has 2 aromatic heterocycles. The van der Waals surface area contributed by atoms with Gasteiger partial charge in [0.2, 0.25) is 5.91 Å². The number of fused-ring (bicyclic) bond motifs is 1. The Hall–Kier alpha value is -1.64. The van der Waals surface area contributed by atoms with Crippen molar-refractivity contribution in [1.29, 1.82) is 0 Å². The first-order chi connectivity index (χ1) is 12.1. The average Bonchev–Trinajstić information content (AvgIpc) is 3.09. The van der Waals surface area contributed by atoms with Crippen LogP contribution in [0.3, 0.4) is 0 Å². The number of rotatable bonds is 2. The molecule has 2 saturated heterocycles. The molecule has 1 amide bonds. The standard InChI is InChI=1S/C17H25N7O.2ClH/c1-12-9-14(3-4-18-12)16(25)23-7-5-22(6-8-23)15-10-13(2)21-17-19-11-20-24(15)17;;/h10-12,14,18H,3-9H2,1-2H3;2*1H/t12-,14-;;/m0../s1. The lowest BCUT2D eigenvalue weighted by Gasteiger charge is -2.38. The van der Waals surface area contributed by atoms with Crippen LogP contribution in [0.2, 0.25) is 0 Å². The number of piperidine rings is 1. The Morgan fingerprint density at radius 2 is 1.96 bits per heavy atom. The molecule has 2 fully saturated rings. The minimum absolute atomic E-state index is 0. The second-order valence-corrected chi connectivity index (χ2v) is 7.12. The van der Waals surface area contributed by atoms with E-state index in [0.717, 1.165) is 57.1 Å². The van der Waals surface area contributed by atoms with Gasteiger partial charge < -0.3 is 15.1 Å². The van der Waals surface area contributed by atoms with Crippen molar-refractivity contribution in [3.63, 3.8) is 0 Å². The van der Waals surface area contributed by atoms with Crippen LogP contribution in [0, 0.1) is 12.8 Å². The maximum Gasteiger partial charge on any atom is 0.254 e. The van der Waals surface area contributed by atoms with E-state index in [9.17, 15) is 4.79 Å². The maximum atomic E-state index is 12.8. The first-order valence-corrected chi connectivity index (χ1v) is 9.06. The third kappa shape index (κ3) is 4.44. The molecule has 0 radical (unpaired) electrons. The van der Waals surface area contributed by atoms with Crippen molar-refractivity contribution in [2.24, 2.45) is 5.92 Å². The Bertz CT molecular complexity index is 776. The van der Waals surface area contributed by atoms with E-state index in [0.29, 0.717) is 17.7 Å². The molecule has 0 saturated carbocycles. The number of anilines is 1. The summed E-state index contributed by atoms with van der Waals surface area (Å²) in [6, 6.07) is 2.47. The second kappa shape index (κ2) is 9.03. The van der Waals surface area contributed by atoms with Crippen molar-refractivity contribution < 1.29 is 4.79 Å². The van der Waals surface area contributed by atoms with E-state index in [4.69, 9.17) is 0 Å². The van der Waals surface area contributed by atoms with Crippen LogP contribution in [0.4, 0.5) is 5.82 Å². The zero-order chi connectivity index (χ0) is 17.4. The molecule has 2 atom stereocenters. The fourth-order valence-corrected chi connectivity index (χ4v) is 3.91. The summed E-state index contributed by atoms with van der Waals surface area (Å²) in [5.74, 6) is 2.12. The van der Waals surface area contributed by atoms with Crippen molar-refractivity contribution in [3.8, 4) is 0 Å². The number of amides is 1. The zero-order valence-electron chi connectivity index (χ0n) is 15.7. The van der Waals surface area contributed by atoms with Crippen LogP contribution >= 0.6 is 24.8 Å². The lowest BCUT2D eigenvalue weighted by Crippen LogP contribution is -2.52. The highest BCUT2D eigenvalue weighted by Gasteiger charge is 2.30. The molecular formula is C17H27Cl2N7O. The molecule has 0 aromatic carbocycles. The van der Waals surface area contributed by atoms with Crippen LogP contribution in [0.25, 0.3) is 5.78 Å². The topological polar surface area (TPSA) is 78.7 Å². The number of carbonyl (C=O) groups is 1. The van der Waals surface area contributed by atoms with Crippen molar-refractivity contribution >= 4 is 42.3 Å². The number of piperazine rings is 1. The lowest BCUT2D eigenvalue weighted by molar-refractivity contribution is -0.137. The third-order valence-corrected chi connectivity index (χ3v) is 5.25. The number of carbonyl (C=O) groups excluding carboxylic acids is 1. The van der Waals surface area contributed by atoms with E-state index < -0.39 is 0 Å². The fraction of sp³-hybridized carbons (Fsp3) is 0.647. The van der Waals surface area contributed by atoms with Crippen LogP contribution in [-0.2, 0) is 4.79 Å². The van der Waals surface area contributed by atoms with E-state index >= 15 is 0 Å². The lowest BCUT2D eigenvalue weighted by atomic mass is 9.92. The minimum atomic E-state index is 0. The van der Waals surface area contributed by atoms with E-state index in [1.807, 2.05) is 17.9 Å². The second-order valence-electron chi connectivity index (χ2n) is 7.12. The molecule has 4 heterocycles. The molecular weight excluding hydrogens is 389 g/mol. The van der Waals surface area contributed by atoms with Gasteiger partial charge in [0.05, 0.1) is 0 Å². The van der Waals surface area contributed by atoms with Gasteiger partial charge in [-0.3, -0.25) is 4.79 Å². The summed E-state index contributed by atoms with van der Waals surface area (Å²) in [6.45, 7) is 8.21. The minimum Gasteiger partial charge on any atom is -0.353 e. The highest BCUT2D eigenvalue weighted by molar-refractivity contribution is 5.85. The quantitative estimate of drug-likeness (QED) is 0.796. The molecule has 0 aliphatic carbocycles. The van der Waals surface area contributed by atoms with Gasteiger partial charge in [-0.05, 0) is 33.2 Å². The molecule has 0 spiro atoms. The van der Waals surface area contributed by atoms with Gasteiger partial charge in [0, 0.05) is 49.9 Å². The van der Waals surface area contributed by atoms with E-state index in [1.165, 1.54) is 6.33 Å². The Kier molecular flexibility index (Phi) is 7.25. The molecule has 4 rings (SSSR count). The molecule has 10 heteroatoms. The summed E-state index contributed by atoms with van der Waals surface area (Å²) >= 11 is 0. The van der Waals surface area contributed by atoms with Gasteiger partial charge in [-0.15, -0.1) is 24.8 Å². The Morgan fingerprint density at radius 1 is 1.22 bits per heavy atom. The Labute approximate surface area is 171 Å². The van der Waals surface area contributed by atoms with Crippen LogP contribution in [-0.4, -0.2) is 69.2 Å². The SMILES string of the molecule is Cc1cc(N2CCN(C(=O)[C@H]3CCN[C@@H](C)C3)CC2)n2ncnc2n1.Cl.Cl. The summed E-state index contributed by atoms with van der Waals surface area (Å²) in [7, 11) is 0. The van der Waals surface area contributed by atoms with Crippen LogP contribution < -0.4 is 10.2 Å². The van der Waals surface area contributed by atoms with E-state index in [2.05, 4.69) is 32.2 Å². The normalized spacial score (nSPS) is 22.9. The van der Waals surface area contributed by atoms with Crippen LogP contribution in [0.15, 0.2) is 12.4 Å². The van der Waals surface area contributed by atoms with Gasteiger partial charge in [0.25, 0.3) is 5.78 Å². The molecule has 2 aromatic rings. The largest absolute Gasteiger partial charge is 0.353 e. The molecule has 0 unspecified atom stereocenters. The summed E-state index contributed by atoms with van der Waals surface area (Å²) in [4.78, 5) is 25.7. The van der Waals surface area contributed by atoms with Gasteiger partial charge >= 0.3 is 0 Å². The van der Waals surface area contributed by atoms with Crippen molar-refractivity contribution in [3.05, 3.63) is 18.1 Å². The highest BCUT2D eigenvalue weighted by Crippen LogP contribution is 2.22. The number of nitrogens with zero attached hydrogens (tertiary/aromatic N) is 6. The highest BCUT2D eigenvalue weighted by atomic mass is 35.5. The van der Waals surface area contributed by atoms with Gasteiger partial charge in [0.1, 0.15) is 12.1 Å². The number of aryl methyl sites for hydroxylation is 1. The first kappa shape index (κ1) is 21.7. The zero-order valence-corrected chi connectivity index (χ0v) is 17.3. The summed E-state index contributed by atoms with van der Waals surface area (Å²) in [5.41, 5.74) is 0.928. The molecule has 2 aliphatic heterocycles. The summed E-state index contributed by atoms with van der Waals surface area (Å²) in [6.07, 6.45) is 3.43. The average molecular weight is 416 g/mol. The molecule has 27 heavy (non-hydrogen) atoms. The molecule has 0 bridgehead atoms. The Balaban J connectivity index is 0.00000131. The van der Waals surface area contributed by atoms with Gasteiger partial charge in [-0.1, -0.05) is 0 Å². The van der Waals surface area contributed by atoms with Gasteiger partial charge in [-0.25, -0.2) is 4.98 Å². The van der Waals surface area contributed by atoms with Crippen LogP contribution in [0.5, 0.6) is 0 Å². The smallest absolute Gasteiger partial charge is 0.254 e. The van der Waals surface area contributed by atoms with Crippen molar-refractivity contribution in [1.82, 2.24) is 29.8 Å². The molecule has 8 nitrogen and oxygen atoms in total. The predicted molar refractivity (Wildman–Crippen MR) is 109 cm³/mol. The predicted octanol–water partition coefficient (Wildman–Crippen LogP) is 1.31. The van der Waals surface area contributed by atoms with Crippen LogP contribution in [0.1, 0.15) is 25.5 Å². The monoisotopic (exact) mass is 415 g/mol. The van der Waals surface area contributed by atoms with Gasteiger partial charge in [-0.2, -0.15) is 14.6 Å². The number of nitrogens with one attached hydrogen (secondary N) is 1. The number of hydrogen-bond acceptors (Lipinski definition) is 6. The fourth-order valence-electron chi connectivity index (χ4n) is 3.91. The molecule has 2 aliphatic rings. The Morgan fingerprint density at radius 3 is 2.67 bits per heavy atom. The first-order valence-electron chi connectivity index (χ1n) is 9.06. The summed E-state index contributed by atoms with van der Waals surface area (Å²) < 4.78 is 1.78. The van der Waals surface area contributed by atoms with E-state index in [-0.39, 0.29) is 30.7 Å². The maximum absolute atomic E-state index is 12.8. The summed E-state index contributed by atoms with van der Waals surface area (Å²) in [5, 5.41) is 7.70. The van der Waals surface area contributed by atoms with Crippen molar-refractivity contribution in [2.45, 2.75) is 32.7 Å². The molecule has 150 valence electrons. The third-order valence-electron chi connectivity index (χ3n) is 5.25. The number of halogens is 2. The number of aromatic nitrogens is 4. The molecule has 1 N–H and O–H groups in total. The van der Waals surface area contributed by atoms with Gasteiger partial charge in [0.15, 0.2) is 0 Å². The number of hydrogen-bond donors (Lipinski definition) is 1. The van der Waals surface area contributed by atoms with Crippen molar-refractivity contribution in [2.75, 3.05) is 37.6 Å².